The van der Waals surface area contributed by atoms with Crippen molar-refractivity contribution in [2.75, 3.05) is 5.73 Å². The summed E-state index contributed by atoms with van der Waals surface area (Å²) in [5.41, 5.74) is 8.76. The number of nitrogens with zero attached hydrogens (tertiary/aromatic N) is 1. The second-order valence-electron chi connectivity index (χ2n) is 4.68. The normalized spacial score (nSPS) is 10.8. The zero-order valence-corrected chi connectivity index (χ0v) is 12.8. The van der Waals surface area contributed by atoms with Crippen LogP contribution in [-0.4, -0.2) is 5.16 Å². The van der Waals surface area contributed by atoms with Gasteiger partial charge < -0.3 is 10.3 Å². The summed E-state index contributed by atoms with van der Waals surface area (Å²) in [5, 5.41) is 3.81. The van der Waals surface area contributed by atoms with Crippen LogP contribution in [0.25, 0.3) is 22.5 Å². The van der Waals surface area contributed by atoms with Crippen LogP contribution < -0.4 is 5.73 Å². The Morgan fingerprint density at radius 2 is 1.86 bits per heavy atom. The van der Waals surface area contributed by atoms with Gasteiger partial charge in [-0.05, 0) is 46.1 Å². The Morgan fingerprint density at radius 3 is 2.57 bits per heavy atom. The summed E-state index contributed by atoms with van der Waals surface area (Å²) in [7, 11) is 0. The van der Waals surface area contributed by atoms with Crippen molar-refractivity contribution >= 4 is 21.7 Å². The summed E-state index contributed by atoms with van der Waals surface area (Å²) < 4.78 is 20.1. The first kappa shape index (κ1) is 13.8. The van der Waals surface area contributed by atoms with Gasteiger partial charge in [-0.25, -0.2) is 4.39 Å². The molecule has 0 radical (unpaired) electrons. The molecule has 1 heterocycles. The number of nitrogen functional groups attached to an aromatic ring is 1. The molecular weight excluding hydrogens is 335 g/mol. The Labute approximate surface area is 129 Å². The van der Waals surface area contributed by atoms with Crippen LogP contribution in [0, 0.1) is 12.7 Å². The summed E-state index contributed by atoms with van der Waals surface area (Å²) in [4.78, 5) is 0. The van der Waals surface area contributed by atoms with Gasteiger partial charge in [0.25, 0.3) is 0 Å². The number of rotatable bonds is 2. The van der Waals surface area contributed by atoms with E-state index >= 15 is 0 Å². The fraction of sp³-hybridized carbons (Fsp3) is 0.0625. The smallest absolute Gasteiger partial charge is 0.181 e. The van der Waals surface area contributed by atoms with Gasteiger partial charge in [0, 0.05) is 4.47 Å². The summed E-state index contributed by atoms with van der Waals surface area (Å²) >= 11 is 3.35. The number of anilines is 1. The molecule has 0 fully saturated rings. The minimum atomic E-state index is -0.393. The van der Waals surface area contributed by atoms with Gasteiger partial charge in [0.1, 0.15) is 5.82 Å². The maximum absolute atomic E-state index is 14.2. The molecule has 0 saturated heterocycles. The number of hydrogen-bond donors (Lipinski definition) is 1. The van der Waals surface area contributed by atoms with Crippen molar-refractivity contribution in [1.29, 1.82) is 0 Å². The standard InChI is InChI=1S/C16H12BrFN2O/c1-9-5-2-3-6-10(9)13-15(21-20-16(13)19)14-11(17)7-4-8-12(14)18/h2-8H,1H3,(H2,19,20). The number of hydrogen-bond acceptors (Lipinski definition) is 3. The number of aromatic nitrogens is 1. The van der Waals surface area contributed by atoms with E-state index in [0.717, 1.165) is 11.1 Å². The molecule has 0 aliphatic rings. The van der Waals surface area contributed by atoms with Crippen LogP contribution in [0.1, 0.15) is 5.56 Å². The molecule has 1 aromatic heterocycles. The third kappa shape index (κ3) is 2.34. The zero-order chi connectivity index (χ0) is 15.0. The molecule has 3 nitrogen and oxygen atoms in total. The van der Waals surface area contributed by atoms with Crippen molar-refractivity contribution in [2.45, 2.75) is 6.92 Å². The van der Waals surface area contributed by atoms with Crippen LogP contribution in [0.3, 0.4) is 0 Å². The van der Waals surface area contributed by atoms with E-state index < -0.39 is 5.82 Å². The SMILES string of the molecule is Cc1ccccc1-c1c(N)noc1-c1c(F)cccc1Br. The molecule has 0 saturated carbocycles. The number of benzene rings is 2. The van der Waals surface area contributed by atoms with Crippen LogP contribution in [0.2, 0.25) is 0 Å². The lowest BCUT2D eigenvalue weighted by Crippen LogP contribution is -1.92. The van der Waals surface area contributed by atoms with E-state index in [1.165, 1.54) is 6.07 Å². The molecule has 0 aliphatic heterocycles. The van der Waals surface area contributed by atoms with E-state index in [1.807, 2.05) is 31.2 Å². The minimum Gasteiger partial charge on any atom is -0.380 e. The molecule has 3 rings (SSSR count). The highest BCUT2D eigenvalue weighted by Gasteiger charge is 2.23. The van der Waals surface area contributed by atoms with Crippen molar-refractivity contribution in [2.24, 2.45) is 0 Å². The van der Waals surface area contributed by atoms with Gasteiger partial charge in [0.15, 0.2) is 11.6 Å². The van der Waals surface area contributed by atoms with Crippen molar-refractivity contribution in [3.63, 3.8) is 0 Å². The lowest BCUT2D eigenvalue weighted by molar-refractivity contribution is 0.433. The Kier molecular flexibility index (Phi) is 3.51. The van der Waals surface area contributed by atoms with Gasteiger partial charge in [-0.3, -0.25) is 0 Å². The van der Waals surface area contributed by atoms with Gasteiger partial charge in [0.2, 0.25) is 0 Å². The highest BCUT2D eigenvalue weighted by atomic mass is 79.9. The quantitative estimate of drug-likeness (QED) is 0.724. The second-order valence-corrected chi connectivity index (χ2v) is 5.54. The monoisotopic (exact) mass is 346 g/mol. The molecular formula is C16H12BrFN2O. The molecule has 0 spiro atoms. The average Bonchev–Trinajstić information content (AvgIpc) is 2.81. The molecule has 0 atom stereocenters. The Balaban J connectivity index is 2.31. The first-order valence-corrected chi connectivity index (χ1v) is 7.14. The van der Waals surface area contributed by atoms with Gasteiger partial charge in [-0.2, -0.15) is 0 Å². The minimum absolute atomic E-state index is 0.245. The van der Waals surface area contributed by atoms with E-state index in [9.17, 15) is 4.39 Å². The number of aryl methyl sites for hydroxylation is 1. The van der Waals surface area contributed by atoms with E-state index in [2.05, 4.69) is 21.1 Å². The second kappa shape index (κ2) is 5.33. The number of nitrogens with two attached hydrogens (primary N) is 1. The van der Waals surface area contributed by atoms with Crippen molar-refractivity contribution in [1.82, 2.24) is 5.16 Å². The maximum Gasteiger partial charge on any atom is 0.181 e. The third-order valence-electron chi connectivity index (χ3n) is 3.32. The molecule has 106 valence electrons. The Hall–Kier alpha value is -2.14. The van der Waals surface area contributed by atoms with Crippen LogP contribution >= 0.6 is 15.9 Å². The van der Waals surface area contributed by atoms with E-state index in [1.54, 1.807) is 12.1 Å². The molecule has 2 N–H and O–H groups in total. The highest BCUT2D eigenvalue weighted by molar-refractivity contribution is 9.10. The van der Waals surface area contributed by atoms with E-state index in [0.29, 0.717) is 21.4 Å². The first-order valence-electron chi connectivity index (χ1n) is 6.35. The zero-order valence-electron chi connectivity index (χ0n) is 11.2. The average molecular weight is 347 g/mol. The molecule has 0 amide bonds. The number of halogens is 2. The molecule has 2 aromatic carbocycles. The lowest BCUT2D eigenvalue weighted by atomic mass is 9.97. The first-order chi connectivity index (χ1) is 10.1. The van der Waals surface area contributed by atoms with Gasteiger partial charge in [0.05, 0.1) is 11.1 Å². The van der Waals surface area contributed by atoms with Gasteiger partial charge in [-0.1, -0.05) is 35.5 Å². The van der Waals surface area contributed by atoms with Gasteiger partial charge >= 0.3 is 0 Å². The summed E-state index contributed by atoms with van der Waals surface area (Å²) in [6.07, 6.45) is 0. The van der Waals surface area contributed by atoms with Crippen molar-refractivity contribution in [3.05, 3.63) is 58.3 Å². The molecule has 0 bridgehead atoms. The molecule has 0 aliphatic carbocycles. The lowest BCUT2D eigenvalue weighted by Gasteiger charge is -2.08. The van der Waals surface area contributed by atoms with E-state index in [4.69, 9.17) is 10.3 Å². The fourth-order valence-electron chi connectivity index (χ4n) is 2.30. The fourth-order valence-corrected chi connectivity index (χ4v) is 2.82. The van der Waals surface area contributed by atoms with Crippen LogP contribution in [-0.2, 0) is 0 Å². The molecule has 3 aromatic rings. The predicted molar refractivity (Wildman–Crippen MR) is 84.2 cm³/mol. The summed E-state index contributed by atoms with van der Waals surface area (Å²) in [6.45, 7) is 1.96. The van der Waals surface area contributed by atoms with Crippen molar-refractivity contribution < 1.29 is 8.91 Å². The summed E-state index contributed by atoms with van der Waals surface area (Å²) in [6, 6.07) is 12.4. The maximum atomic E-state index is 14.2. The van der Waals surface area contributed by atoms with Crippen LogP contribution in [0.5, 0.6) is 0 Å². The van der Waals surface area contributed by atoms with E-state index in [-0.39, 0.29) is 5.82 Å². The van der Waals surface area contributed by atoms with Crippen LogP contribution in [0.15, 0.2) is 51.5 Å². The highest BCUT2D eigenvalue weighted by Crippen LogP contribution is 2.41. The molecule has 5 heteroatoms. The molecule has 0 unspecified atom stereocenters. The Morgan fingerprint density at radius 1 is 1.10 bits per heavy atom. The Bertz CT molecular complexity index is 794. The predicted octanol–water partition coefficient (Wildman–Crippen LogP) is 4.80. The van der Waals surface area contributed by atoms with Crippen molar-refractivity contribution in [3.8, 4) is 22.5 Å². The largest absolute Gasteiger partial charge is 0.380 e. The van der Waals surface area contributed by atoms with Gasteiger partial charge in [-0.15, -0.1) is 0 Å². The summed E-state index contributed by atoms with van der Waals surface area (Å²) in [5.74, 6) is 0.177. The molecule has 21 heavy (non-hydrogen) atoms. The topological polar surface area (TPSA) is 52.0 Å². The van der Waals surface area contributed by atoms with Crippen LogP contribution in [0.4, 0.5) is 10.2 Å². The third-order valence-corrected chi connectivity index (χ3v) is 3.98.